The zero-order valence-corrected chi connectivity index (χ0v) is 14.4. The van der Waals surface area contributed by atoms with E-state index in [0.717, 1.165) is 37.1 Å². The van der Waals surface area contributed by atoms with Gasteiger partial charge in [-0.05, 0) is 54.7 Å². The zero-order valence-electron chi connectivity index (χ0n) is 14.4. The molecule has 0 spiro atoms. The summed E-state index contributed by atoms with van der Waals surface area (Å²) in [6, 6.07) is 12.7. The predicted octanol–water partition coefficient (Wildman–Crippen LogP) is 2.88. The minimum atomic E-state index is 0.234. The molecule has 0 saturated carbocycles. The molecule has 1 aliphatic rings. The smallest absolute Gasteiger partial charge is 0.106 e. The van der Waals surface area contributed by atoms with Crippen LogP contribution in [0.5, 0.6) is 0 Å². The topological polar surface area (TPSA) is 65.4 Å². The summed E-state index contributed by atoms with van der Waals surface area (Å²) in [6.45, 7) is 0.785. The normalized spacial score (nSPS) is 17.1. The predicted molar refractivity (Wildman–Crippen MR) is 99.9 cm³/mol. The fourth-order valence-electron chi connectivity index (χ4n) is 3.72. The van der Waals surface area contributed by atoms with E-state index in [2.05, 4.69) is 39.0 Å². The standard InChI is InChI=1S/C20H22N4O/c1-25-23-12-14-5-7-19-17(10-14)18-11-15(21)6-8-20(18)24(19)13-16-4-2-3-9-22-16/h2-5,7,9-10,12,15H,6,8,11,13,21H2,1H3. The van der Waals surface area contributed by atoms with E-state index in [4.69, 9.17) is 10.6 Å². The van der Waals surface area contributed by atoms with Crippen LogP contribution in [0.4, 0.5) is 0 Å². The van der Waals surface area contributed by atoms with Gasteiger partial charge in [-0.25, -0.2) is 0 Å². The summed E-state index contributed by atoms with van der Waals surface area (Å²) in [5.41, 5.74) is 12.4. The Labute approximate surface area is 147 Å². The fraction of sp³-hybridized carbons (Fsp3) is 0.300. The van der Waals surface area contributed by atoms with Gasteiger partial charge in [-0.1, -0.05) is 17.3 Å². The van der Waals surface area contributed by atoms with Crippen LogP contribution in [-0.2, 0) is 24.2 Å². The van der Waals surface area contributed by atoms with Crippen LogP contribution in [0.1, 0.15) is 28.9 Å². The average molecular weight is 334 g/mol. The monoisotopic (exact) mass is 334 g/mol. The van der Waals surface area contributed by atoms with Gasteiger partial charge in [0.05, 0.1) is 18.5 Å². The summed E-state index contributed by atoms with van der Waals surface area (Å²) in [6.07, 6.45) is 6.56. The molecule has 3 aromatic rings. The molecule has 2 N–H and O–H groups in total. The highest BCUT2D eigenvalue weighted by Gasteiger charge is 2.23. The molecule has 0 radical (unpaired) electrons. The molecule has 2 aromatic heterocycles. The van der Waals surface area contributed by atoms with Gasteiger partial charge < -0.3 is 15.1 Å². The highest BCUT2D eigenvalue weighted by molar-refractivity contribution is 5.92. The van der Waals surface area contributed by atoms with Crippen molar-refractivity contribution in [3.8, 4) is 0 Å². The van der Waals surface area contributed by atoms with Gasteiger partial charge in [-0.3, -0.25) is 4.98 Å². The third-order valence-corrected chi connectivity index (χ3v) is 4.88. The third kappa shape index (κ3) is 3.03. The lowest BCUT2D eigenvalue weighted by Gasteiger charge is -2.20. The van der Waals surface area contributed by atoms with Crippen LogP contribution in [-0.4, -0.2) is 28.9 Å². The number of benzene rings is 1. The van der Waals surface area contributed by atoms with E-state index in [1.807, 2.05) is 18.3 Å². The lowest BCUT2D eigenvalue weighted by atomic mass is 9.91. The summed E-state index contributed by atoms with van der Waals surface area (Å²) < 4.78 is 2.40. The molecule has 0 bridgehead atoms. The van der Waals surface area contributed by atoms with Crippen LogP contribution in [0.2, 0.25) is 0 Å². The molecular weight excluding hydrogens is 312 g/mol. The molecule has 25 heavy (non-hydrogen) atoms. The van der Waals surface area contributed by atoms with E-state index in [1.54, 1.807) is 13.3 Å². The van der Waals surface area contributed by atoms with Crippen LogP contribution >= 0.6 is 0 Å². The number of nitrogens with zero attached hydrogens (tertiary/aromatic N) is 3. The molecule has 1 unspecified atom stereocenters. The molecule has 1 aliphatic carbocycles. The number of oxime groups is 1. The Kier molecular flexibility index (Phi) is 4.24. The van der Waals surface area contributed by atoms with Crippen molar-refractivity contribution in [1.82, 2.24) is 9.55 Å². The van der Waals surface area contributed by atoms with Crippen LogP contribution in [0.25, 0.3) is 10.9 Å². The van der Waals surface area contributed by atoms with Gasteiger partial charge in [0.25, 0.3) is 0 Å². The Morgan fingerprint density at radius 2 is 2.28 bits per heavy atom. The van der Waals surface area contributed by atoms with Crippen molar-refractivity contribution in [2.45, 2.75) is 31.8 Å². The number of nitrogens with two attached hydrogens (primary N) is 1. The molecule has 1 atom stereocenters. The van der Waals surface area contributed by atoms with Gasteiger partial charge in [0, 0.05) is 28.8 Å². The second kappa shape index (κ2) is 6.69. The lowest BCUT2D eigenvalue weighted by molar-refractivity contribution is 0.215. The molecule has 0 aliphatic heterocycles. The van der Waals surface area contributed by atoms with E-state index in [-0.39, 0.29) is 6.04 Å². The fourth-order valence-corrected chi connectivity index (χ4v) is 3.72. The first-order chi connectivity index (χ1) is 12.3. The summed E-state index contributed by atoms with van der Waals surface area (Å²) in [5, 5.41) is 5.15. The number of hydrogen-bond acceptors (Lipinski definition) is 4. The maximum atomic E-state index is 6.25. The van der Waals surface area contributed by atoms with E-state index in [9.17, 15) is 0 Å². The average Bonchev–Trinajstić information content (AvgIpc) is 2.93. The van der Waals surface area contributed by atoms with E-state index in [1.165, 1.54) is 22.2 Å². The summed E-state index contributed by atoms with van der Waals surface area (Å²) in [7, 11) is 1.55. The maximum Gasteiger partial charge on any atom is 0.106 e. The van der Waals surface area contributed by atoms with Gasteiger partial charge in [0.15, 0.2) is 0 Å². The summed E-state index contributed by atoms with van der Waals surface area (Å²) >= 11 is 0. The largest absolute Gasteiger partial charge is 0.399 e. The molecule has 128 valence electrons. The van der Waals surface area contributed by atoms with Crippen molar-refractivity contribution in [3.63, 3.8) is 0 Å². The maximum absolute atomic E-state index is 6.25. The Morgan fingerprint density at radius 1 is 1.36 bits per heavy atom. The molecule has 2 heterocycles. The molecule has 1 aromatic carbocycles. The molecule has 5 heteroatoms. The van der Waals surface area contributed by atoms with Crippen molar-refractivity contribution < 1.29 is 4.84 Å². The Bertz CT molecular complexity index is 914. The van der Waals surface area contributed by atoms with Gasteiger partial charge in [0.2, 0.25) is 0 Å². The zero-order chi connectivity index (χ0) is 17.2. The first-order valence-electron chi connectivity index (χ1n) is 8.62. The van der Waals surface area contributed by atoms with Crippen LogP contribution in [0.3, 0.4) is 0 Å². The number of aromatic nitrogens is 2. The molecule has 0 fully saturated rings. The highest BCUT2D eigenvalue weighted by Crippen LogP contribution is 2.33. The SMILES string of the molecule is CON=Cc1ccc2c(c1)c1c(n2Cc2ccccn2)CCC(N)C1. The van der Waals surface area contributed by atoms with Gasteiger partial charge in [-0.15, -0.1) is 0 Å². The Balaban J connectivity index is 1.85. The van der Waals surface area contributed by atoms with E-state index >= 15 is 0 Å². The molecule has 4 rings (SSSR count). The number of fused-ring (bicyclic) bond motifs is 3. The van der Waals surface area contributed by atoms with E-state index in [0.29, 0.717) is 0 Å². The molecule has 5 nitrogen and oxygen atoms in total. The molecular formula is C20H22N4O. The van der Waals surface area contributed by atoms with Gasteiger partial charge in [-0.2, -0.15) is 0 Å². The van der Waals surface area contributed by atoms with Crippen LogP contribution < -0.4 is 5.73 Å². The van der Waals surface area contributed by atoms with Gasteiger partial charge >= 0.3 is 0 Å². The van der Waals surface area contributed by atoms with Crippen molar-refractivity contribution in [1.29, 1.82) is 0 Å². The van der Waals surface area contributed by atoms with Crippen LogP contribution in [0, 0.1) is 0 Å². The van der Waals surface area contributed by atoms with Crippen LogP contribution in [0.15, 0.2) is 47.8 Å². The second-order valence-electron chi connectivity index (χ2n) is 6.53. The van der Waals surface area contributed by atoms with E-state index < -0.39 is 0 Å². The van der Waals surface area contributed by atoms with Crippen molar-refractivity contribution in [3.05, 3.63) is 65.1 Å². The highest BCUT2D eigenvalue weighted by atomic mass is 16.6. The number of pyridine rings is 1. The summed E-state index contributed by atoms with van der Waals surface area (Å²) in [5.74, 6) is 0. The Morgan fingerprint density at radius 3 is 3.08 bits per heavy atom. The first-order valence-corrected chi connectivity index (χ1v) is 8.62. The lowest BCUT2D eigenvalue weighted by Crippen LogP contribution is -2.28. The molecule has 0 saturated heterocycles. The minimum absolute atomic E-state index is 0.234. The first kappa shape index (κ1) is 15.8. The Hall–Kier alpha value is -2.66. The van der Waals surface area contributed by atoms with Crippen molar-refractivity contribution in [2.75, 3.05) is 7.11 Å². The quantitative estimate of drug-likeness (QED) is 0.589. The van der Waals surface area contributed by atoms with Crippen molar-refractivity contribution in [2.24, 2.45) is 10.9 Å². The molecule has 0 amide bonds. The third-order valence-electron chi connectivity index (χ3n) is 4.88. The minimum Gasteiger partial charge on any atom is -0.399 e. The summed E-state index contributed by atoms with van der Waals surface area (Å²) in [4.78, 5) is 9.31. The second-order valence-corrected chi connectivity index (χ2v) is 6.53. The van der Waals surface area contributed by atoms with Gasteiger partial charge in [0.1, 0.15) is 7.11 Å². The number of hydrogen-bond donors (Lipinski definition) is 1. The number of rotatable bonds is 4. The van der Waals surface area contributed by atoms with Crippen molar-refractivity contribution >= 4 is 17.1 Å².